The van der Waals surface area contributed by atoms with Crippen LogP contribution in [0.3, 0.4) is 0 Å². The molecule has 0 bridgehead atoms. The molecule has 0 spiro atoms. The first-order valence-corrected chi connectivity index (χ1v) is 5.25. The molecule has 6 nitrogen and oxygen atoms in total. The highest BCUT2D eigenvalue weighted by Gasteiger charge is 2.33. The molecule has 1 N–H and O–H groups in total. The second-order valence-electron chi connectivity index (χ2n) is 3.86. The summed E-state index contributed by atoms with van der Waals surface area (Å²) in [5, 5.41) is 12.1. The summed E-state index contributed by atoms with van der Waals surface area (Å²) < 4.78 is 4.55. The maximum atomic E-state index is 12.0. The molecule has 0 saturated heterocycles. The molecule has 1 aliphatic rings. The highest BCUT2D eigenvalue weighted by Crippen LogP contribution is 2.28. The van der Waals surface area contributed by atoms with Gasteiger partial charge in [0.05, 0.1) is 0 Å². The van der Waals surface area contributed by atoms with Gasteiger partial charge in [-0.25, -0.2) is 4.79 Å². The maximum Gasteiger partial charge on any atom is 0.374 e. The van der Waals surface area contributed by atoms with Gasteiger partial charge >= 0.3 is 5.97 Å². The van der Waals surface area contributed by atoms with Gasteiger partial charge in [-0.05, 0) is 12.8 Å². The lowest BCUT2D eigenvalue weighted by molar-refractivity contribution is 0.0648. The molecule has 1 heterocycles. The molecule has 0 unspecified atom stereocenters. The van der Waals surface area contributed by atoms with Gasteiger partial charge in [-0.1, -0.05) is 11.2 Å². The van der Waals surface area contributed by atoms with Crippen molar-refractivity contribution >= 4 is 11.9 Å². The van der Waals surface area contributed by atoms with Crippen LogP contribution in [0.25, 0.3) is 0 Å². The largest absolute Gasteiger partial charge is 0.475 e. The molecule has 0 aromatic carbocycles. The molecule has 1 saturated carbocycles. The summed E-state index contributed by atoms with van der Waals surface area (Å²) in [4.78, 5) is 24.2. The van der Waals surface area contributed by atoms with Gasteiger partial charge < -0.3 is 14.5 Å². The minimum Gasteiger partial charge on any atom is -0.475 e. The molecular formula is C11H12N2O4. The first-order valence-electron chi connectivity index (χ1n) is 5.25. The second-order valence-corrected chi connectivity index (χ2v) is 3.86. The smallest absolute Gasteiger partial charge is 0.374 e. The summed E-state index contributed by atoms with van der Waals surface area (Å²) in [5.74, 6) is -1.88. The number of rotatable bonds is 5. The molecular weight excluding hydrogens is 224 g/mol. The van der Waals surface area contributed by atoms with E-state index in [-0.39, 0.29) is 23.4 Å². The Morgan fingerprint density at radius 1 is 1.65 bits per heavy atom. The molecule has 1 aromatic rings. The van der Waals surface area contributed by atoms with Crippen LogP contribution in [0.5, 0.6) is 0 Å². The third kappa shape index (κ3) is 2.35. The quantitative estimate of drug-likeness (QED) is 0.775. The molecule has 6 heteroatoms. The Morgan fingerprint density at radius 2 is 2.35 bits per heavy atom. The Balaban J connectivity index is 2.16. The predicted molar refractivity (Wildman–Crippen MR) is 57.7 cm³/mol. The van der Waals surface area contributed by atoms with E-state index in [1.807, 2.05) is 0 Å². The molecule has 1 aromatic heterocycles. The molecule has 1 amide bonds. The van der Waals surface area contributed by atoms with E-state index in [1.165, 1.54) is 0 Å². The van der Waals surface area contributed by atoms with Crippen LogP contribution < -0.4 is 0 Å². The van der Waals surface area contributed by atoms with E-state index in [2.05, 4.69) is 16.3 Å². The number of amides is 1. The average molecular weight is 236 g/mol. The molecule has 1 aliphatic carbocycles. The standard InChI is InChI=1S/C11H12N2O4/c1-2-5-13(7-3-4-7)10(14)8-6-9(11(15)16)17-12-8/h2,6-7H,1,3-5H2,(H,15,16). The van der Waals surface area contributed by atoms with Gasteiger partial charge in [0.1, 0.15) is 0 Å². The molecule has 0 atom stereocenters. The van der Waals surface area contributed by atoms with E-state index in [1.54, 1.807) is 11.0 Å². The van der Waals surface area contributed by atoms with Gasteiger partial charge in [-0.2, -0.15) is 0 Å². The fourth-order valence-corrected chi connectivity index (χ4v) is 1.55. The number of carbonyl (C=O) groups is 2. The van der Waals surface area contributed by atoms with Crippen LogP contribution in [0, 0.1) is 0 Å². The average Bonchev–Trinajstić information content (AvgIpc) is 3.00. The summed E-state index contributed by atoms with van der Waals surface area (Å²) >= 11 is 0. The first-order chi connectivity index (χ1) is 8.13. The highest BCUT2D eigenvalue weighted by molar-refractivity contribution is 5.95. The van der Waals surface area contributed by atoms with Crippen LogP contribution in [-0.2, 0) is 0 Å². The Morgan fingerprint density at radius 3 is 2.82 bits per heavy atom. The number of hydrogen-bond acceptors (Lipinski definition) is 4. The zero-order chi connectivity index (χ0) is 12.4. The van der Waals surface area contributed by atoms with Crippen LogP contribution in [0.1, 0.15) is 33.9 Å². The van der Waals surface area contributed by atoms with Gasteiger partial charge in [0.25, 0.3) is 5.91 Å². The van der Waals surface area contributed by atoms with Gasteiger partial charge in [-0.3, -0.25) is 4.79 Å². The lowest BCUT2D eigenvalue weighted by Crippen LogP contribution is -2.33. The zero-order valence-corrected chi connectivity index (χ0v) is 9.13. The zero-order valence-electron chi connectivity index (χ0n) is 9.13. The number of carboxylic acid groups (broad SMARTS) is 1. The van der Waals surface area contributed by atoms with Crippen LogP contribution in [0.15, 0.2) is 23.2 Å². The molecule has 1 fully saturated rings. The van der Waals surface area contributed by atoms with Crippen molar-refractivity contribution in [2.45, 2.75) is 18.9 Å². The van der Waals surface area contributed by atoms with Crippen LogP contribution in [-0.4, -0.2) is 39.6 Å². The SMILES string of the molecule is C=CCN(C(=O)c1cc(C(=O)O)on1)C1CC1. The third-order valence-corrected chi connectivity index (χ3v) is 2.51. The van der Waals surface area contributed by atoms with Gasteiger partial charge in [-0.15, -0.1) is 6.58 Å². The summed E-state index contributed by atoms with van der Waals surface area (Å²) in [6, 6.07) is 1.36. The van der Waals surface area contributed by atoms with Gasteiger partial charge in [0.2, 0.25) is 5.76 Å². The summed E-state index contributed by atoms with van der Waals surface area (Å²) in [5.41, 5.74) is 0.0242. The number of aromatic nitrogens is 1. The number of carbonyl (C=O) groups excluding carboxylic acids is 1. The minimum atomic E-state index is -1.24. The number of nitrogens with zero attached hydrogens (tertiary/aromatic N) is 2. The second kappa shape index (κ2) is 4.40. The van der Waals surface area contributed by atoms with E-state index >= 15 is 0 Å². The van der Waals surface area contributed by atoms with Gasteiger partial charge in [0.15, 0.2) is 5.69 Å². The molecule has 17 heavy (non-hydrogen) atoms. The van der Waals surface area contributed by atoms with Crippen LogP contribution in [0.2, 0.25) is 0 Å². The highest BCUT2D eigenvalue weighted by atomic mass is 16.5. The van der Waals surface area contributed by atoms with E-state index in [9.17, 15) is 9.59 Å². The Labute approximate surface area is 97.5 Å². The van der Waals surface area contributed by atoms with Crippen molar-refractivity contribution in [3.63, 3.8) is 0 Å². The van der Waals surface area contributed by atoms with E-state index in [0.29, 0.717) is 6.54 Å². The predicted octanol–water partition coefficient (Wildman–Crippen LogP) is 1.16. The fraction of sp³-hybridized carbons (Fsp3) is 0.364. The Bertz CT molecular complexity index is 462. The van der Waals surface area contributed by atoms with Crippen molar-refractivity contribution < 1.29 is 19.2 Å². The van der Waals surface area contributed by atoms with E-state index in [4.69, 9.17) is 5.11 Å². The first kappa shape index (κ1) is 11.4. The monoisotopic (exact) mass is 236 g/mol. The summed E-state index contributed by atoms with van der Waals surface area (Å²) in [6.45, 7) is 4.02. The van der Waals surface area contributed by atoms with Crippen molar-refractivity contribution in [3.8, 4) is 0 Å². The molecule has 0 radical (unpaired) electrons. The minimum absolute atomic E-state index is 0.0242. The lowest BCUT2D eigenvalue weighted by Gasteiger charge is -2.18. The Kier molecular flexibility index (Phi) is 2.95. The van der Waals surface area contributed by atoms with Crippen molar-refractivity contribution in [1.29, 1.82) is 0 Å². The maximum absolute atomic E-state index is 12.0. The third-order valence-electron chi connectivity index (χ3n) is 2.51. The number of aromatic carboxylic acids is 1. The normalized spacial score (nSPS) is 14.4. The van der Waals surface area contributed by atoms with Crippen LogP contribution >= 0.6 is 0 Å². The lowest BCUT2D eigenvalue weighted by atomic mass is 10.3. The summed E-state index contributed by atoms with van der Waals surface area (Å²) in [6.07, 6.45) is 3.56. The topological polar surface area (TPSA) is 83.6 Å². The van der Waals surface area contributed by atoms with E-state index in [0.717, 1.165) is 18.9 Å². The van der Waals surface area contributed by atoms with Crippen molar-refractivity contribution in [1.82, 2.24) is 10.1 Å². The number of hydrogen-bond donors (Lipinski definition) is 1. The van der Waals surface area contributed by atoms with Crippen molar-refractivity contribution in [2.75, 3.05) is 6.54 Å². The van der Waals surface area contributed by atoms with Crippen molar-refractivity contribution in [3.05, 3.63) is 30.2 Å². The molecule has 2 rings (SSSR count). The molecule has 0 aliphatic heterocycles. The molecule has 90 valence electrons. The van der Waals surface area contributed by atoms with Crippen LogP contribution in [0.4, 0.5) is 0 Å². The Hall–Kier alpha value is -2.11. The fourth-order valence-electron chi connectivity index (χ4n) is 1.55. The summed E-state index contributed by atoms with van der Waals surface area (Å²) in [7, 11) is 0. The number of carboxylic acids is 1. The van der Waals surface area contributed by atoms with Crippen molar-refractivity contribution in [2.24, 2.45) is 0 Å². The van der Waals surface area contributed by atoms with E-state index < -0.39 is 5.97 Å². The van der Waals surface area contributed by atoms with Gasteiger partial charge in [0, 0.05) is 18.7 Å².